The zero-order valence-electron chi connectivity index (χ0n) is 21.2. The van der Waals surface area contributed by atoms with Crippen molar-refractivity contribution in [2.45, 2.75) is 77.2 Å². The second kappa shape index (κ2) is 13.2. The number of nitrogens with zero attached hydrogens (tertiary/aromatic N) is 1. The van der Waals surface area contributed by atoms with Crippen LogP contribution in [0, 0.1) is 0 Å². The van der Waals surface area contributed by atoms with Crippen LogP contribution in [-0.2, 0) is 32.9 Å². The van der Waals surface area contributed by atoms with Gasteiger partial charge in [-0.2, -0.15) is 0 Å². The molecule has 37 heavy (non-hydrogen) atoms. The predicted octanol–water partition coefficient (Wildman–Crippen LogP) is 0.287. The van der Waals surface area contributed by atoms with Gasteiger partial charge >= 0.3 is 24.3 Å². The minimum atomic E-state index is -3.91. The topological polar surface area (TPSA) is 195 Å². The molecule has 210 valence electrons. The third-order valence-corrected chi connectivity index (χ3v) is 9.32. The number of aromatic nitrogens is 2. The van der Waals surface area contributed by atoms with Gasteiger partial charge in [0.2, 0.25) is 0 Å². The van der Waals surface area contributed by atoms with Gasteiger partial charge in [0.25, 0.3) is 5.56 Å². The highest BCUT2D eigenvalue weighted by molar-refractivity contribution is 8.56. The number of carbonyl (C=O) groups excluding carboxylic acids is 2. The third kappa shape index (κ3) is 8.50. The lowest BCUT2D eigenvalue weighted by molar-refractivity contribution is -0.149. The first-order chi connectivity index (χ1) is 17.2. The van der Waals surface area contributed by atoms with Crippen molar-refractivity contribution in [3.8, 4) is 0 Å². The highest BCUT2D eigenvalue weighted by Gasteiger charge is 2.54. The Kier molecular flexibility index (Phi) is 11.1. The van der Waals surface area contributed by atoms with E-state index in [0.29, 0.717) is 0 Å². The van der Waals surface area contributed by atoms with Gasteiger partial charge in [0.15, 0.2) is 6.23 Å². The fraction of sp³-hybridized carbons (Fsp3) is 0.714. The highest BCUT2D eigenvalue weighted by atomic mass is 32.7. The summed E-state index contributed by atoms with van der Waals surface area (Å²) in [6.07, 6.45) is -3.62. The molecule has 14 nitrogen and oxygen atoms in total. The van der Waals surface area contributed by atoms with Gasteiger partial charge in [-0.05, 0) is 34.6 Å². The lowest BCUT2D eigenvalue weighted by atomic mass is 9.96. The Morgan fingerprint density at radius 3 is 2.62 bits per heavy atom. The zero-order valence-corrected chi connectivity index (χ0v) is 23.0. The van der Waals surface area contributed by atoms with Crippen LogP contribution in [0.5, 0.6) is 0 Å². The molecule has 2 heterocycles. The van der Waals surface area contributed by atoms with Crippen LogP contribution in [0.4, 0.5) is 0 Å². The number of nitrogens with one attached hydrogen (secondary N) is 2. The number of rotatable bonds is 13. The Balaban J connectivity index is 2.17. The molecule has 4 N–H and O–H groups in total. The van der Waals surface area contributed by atoms with Gasteiger partial charge in [0, 0.05) is 18.0 Å². The maximum atomic E-state index is 13.6. The SMILES string of the molecule is CCOC(=O)CCS[P@@](=O)(N[C@@H](C)C(=O)OC(C)C)OC[C@H]1O[C@@H](n2ccc(=O)[nH]c2=O)[C@](C)(O)[C@@H]1O. The van der Waals surface area contributed by atoms with E-state index < -0.39 is 72.7 Å². The Morgan fingerprint density at radius 1 is 1.35 bits per heavy atom. The van der Waals surface area contributed by atoms with Crippen LogP contribution in [0.3, 0.4) is 0 Å². The fourth-order valence-corrected chi connectivity index (χ4v) is 7.12. The van der Waals surface area contributed by atoms with Crippen LogP contribution in [0.2, 0.25) is 0 Å². The first-order valence-electron chi connectivity index (χ1n) is 11.6. The molecule has 1 aromatic rings. The molecule has 0 aliphatic carbocycles. The maximum Gasteiger partial charge on any atom is 0.330 e. The van der Waals surface area contributed by atoms with Crippen LogP contribution in [-0.4, -0.2) is 80.6 Å². The van der Waals surface area contributed by atoms with E-state index in [1.54, 1.807) is 20.8 Å². The van der Waals surface area contributed by atoms with Gasteiger partial charge < -0.3 is 28.9 Å². The van der Waals surface area contributed by atoms with E-state index in [9.17, 15) is 34.0 Å². The van der Waals surface area contributed by atoms with E-state index in [0.717, 1.165) is 28.2 Å². The molecular formula is C21H34N3O11PS. The van der Waals surface area contributed by atoms with Crippen molar-refractivity contribution < 1.29 is 43.1 Å². The smallest absolute Gasteiger partial charge is 0.330 e. The van der Waals surface area contributed by atoms with Crippen molar-refractivity contribution in [3.63, 3.8) is 0 Å². The summed E-state index contributed by atoms with van der Waals surface area (Å²) in [5.41, 5.74) is -3.51. The van der Waals surface area contributed by atoms with E-state index in [4.69, 9.17) is 18.7 Å². The van der Waals surface area contributed by atoms with Gasteiger partial charge in [-0.3, -0.25) is 28.5 Å². The molecule has 1 aliphatic rings. The lowest BCUT2D eigenvalue weighted by Gasteiger charge is -2.27. The molecular weight excluding hydrogens is 533 g/mol. The molecule has 0 saturated carbocycles. The maximum absolute atomic E-state index is 13.6. The monoisotopic (exact) mass is 567 g/mol. The Hall–Kier alpha value is -2.00. The number of aliphatic hydroxyl groups excluding tert-OH is 1. The standard InChI is InChI=1S/C21H34N3O11PS/c1-6-32-16(26)8-10-37-36(31,23-13(4)18(28)34-12(2)3)33-11-14-17(27)21(5,30)19(35-14)24-9-7-15(25)22-20(24)29/h7,9,12-14,17,19,27,30H,6,8,10-11H2,1-5H3,(H,23,31)(H,22,25,29)/t13-,14+,17+,19+,21+,36+/m0/s1. The van der Waals surface area contributed by atoms with Gasteiger partial charge in [-0.25, -0.2) is 9.88 Å². The molecule has 1 aromatic heterocycles. The number of hydrogen-bond acceptors (Lipinski definition) is 12. The molecule has 0 spiro atoms. The Labute approximate surface area is 217 Å². The largest absolute Gasteiger partial charge is 0.466 e. The van der Waals surface area contributed by atoms with E-state index in [1.807, 2.05) is 4.98 Å². The molecule has 0 bridgehead atoms. The highest BCUT2D eigenvalue weighted by Crippen LogP contribution is 2.57. The predicted molar refractivity (Wildman–Crippen MR) is 133 cm³/mol. The van der Waals surface area contributed by atoms with Crippen molar-refractivity contribution >= 4 is 30.0 Å². The quantitative estimate of drug-likeness (QED) is 0.188. The molecule has 6 atom stereocenters. The molecule has 0 amide bonds. The van der Waals surface area contributed by atoms with Crippen molar-refractivity contribution in [1.29, 1.82) is 0 Å². The number of H-pyrrole nitrogens is 1. The van der Waals surface area contributed by atoms with Gasteiger partial charge in [0.1, 0.15) is 23.9 Å². The van der Waals surface area contributed by atoms with Gasteiger partial charge in [0.05, 0.1) is 25.7 Å². The minimum Gasteiger partial charge on any atom is -0.466 e. The number of ether oxygens (including phenoxy) is 3. The van der Waals surface area contributed by atoms with E-state index >= 15 is 0 Å². The van der Waals surface area contributed by atoms with Crippen molar-refractivity contribution in [2.24, 2.45) is 0 Å². The van der Waals surface area contributed by atoms with Crippen LogP contribution < -0.4 is 16.3 Å². The number of aromatic amines is 1. The first-order valence-corrected chi connectivity index (χ1v) is 14.8. The molecule has 2 rings (SSSR count). The molecule has 0 aromatic carbocycles. The second-order valence-corrected chi connectivity index (χ2v) is 13.1. The molecule has 1 saturated heterocycles. The molecule has 0 unspecified atom stereocenters. The van der Waals surface area contributed by atoms with E-state index in [2.05, 4.69) is 5.09 Å². The summed E-state index contributed by atoms with van der Waals surface area (Å²) in [6, 6.07) is 0.000746. The van der Waals surface area contributed by atoms with Crippen LogP contribution in [0.1, 0.15) is 47.3 Å². The summed E-state index contributed by atoms with van der Waals surface area (Å²) in [5.74, 6) is -1.16. The van der Waals surface area contributed by atoms with Crippen molar-refractivity contribution in [1.82, 2.24) is 14.6 Å². The van der Waals surface area contributed by atoms with Crippen molar-refractivity contribution in [3.05, 3.63) is 33.1 Å². The van der Waals surface area contributed by atoms with Crippen LogP contribution >= 0.6 is 18.1 Å². The van der Waals surface area contributed by atoms with Crippen LogP contribution in [0.15, 0.2) is 21.9 Å². The summed E-state index contributed by atoms with van der Waals surface area (Å²) in [5, 5.41) is 24.1. The average molecular weight is 568 g/mol. The minimum absolute atomic E-state index is 0.0241. The number of carbonyl (C=O) groups is 2. The molecule has 0 radical (unpaired) electrons. The van der Waals surface area contributed by atoms with Crippen molar-refractivity contribution in [2.75, 3.05) is 19.0 Å². The number of aliphatic hydroxyl groups is 2. The summed E-state index contributed by atoms with van der Waals surface area (Å²) in [6.45, 7) is 3.38. The summed E-state index contributed by atoms with van der Waals surface area (Å²) in [7, 11) is 0. The normalized spacial score (nSPS) is 26.0. The third-order valence-electron chi connectivity index (χ3n) is 5.20. The average Bonchev–Trinajstić information content (AvgIpc) is 3.01. The lowest BCUT2D eigenvalue weighted by Crippen LogP contribution is -2.46. The van der Waals surface area contributed by atoms with E-state index in [1.165, 1.54) is 13.8 Å². The summed E-state index contributed by atoms with van der Waals surface area (Å²) < 4.78 is 35.7. The number of esters is 2. The molecule has 1 aliphatic heterocycles. The zero-order chi connectivity index (χ0) is 28.0. The Morgan fingerprint density at radius 2 is 2.03 bits per heavy atom. The number of hydrogen-bond donors (Lipinski definition) is 4. The van der Waals surface area contributed by atoms with Crippen LogP contribution in [0.25, 0.3) is 0 Å². The van der Waals surface area contributed by atoms with Gasteiger partial charge in [-0.1, -0.05) is 11.4 Å². The second-order valence-electron chi connectivity index (χ2n) is 8.73. The van der Waals surface area contributed by atoms with E-state index in [-0.39, 0.29) is 18.8 Å². The fourth-order valence-electron chi connectivity index (χ4n) is 3.38. The molecule has 16 heteroatoms. The summed E-state index contributed by atoms with van der Waals surface area (Å²) >= 11 is 0.747. The first kappa shape index (κ1) is 31.2. The Bertz CT molecular complexity index is 1110. The molecule has 1 fully saturated rings. The summed E-state index contributed by atoms with van der Waals surface area (Å²) in [4.78, 5) is 49.5. The van der Waals surface area contributed by atoms with Gasteiger partial charge in [-0.15, -0.1) is 0 Å².